The molecule has 0 radical (unpaired) electrons. The SMILES string of the molecule is CC1(C)c2ccccc2-c2ccc3c4ccccc4n(-c4cccc(-c5cc(-c6ccccc6)nc(-c6ccccc6)c5)c4)c3c21. The Labute approximate surface area is 269 Å². The molecule has 0 N–H and O–H groups in total. The molecule has 0 saturated carbocycles. The van der Waals surface area contributed by atoms with Gasteiger partial charge in [-0.15, -0.1) is 0 Å². The van der Waals surface area contributed by atoms with Crippen molar-refractivity contribution < 1.29 is 0 Å². The van der Waals surface area contributed by atoms with Gasteiger partial charge >= 0.3 is 0 Å². The summed E-state index contributed by atoms with van der Waals surface area (Å²) >= 11 is 0. The fourth-order valence-corrected chi connectivity index (χ4v) is 7.62. The summed E-state index contributed by atoms with van der Waals surface area (Å²) in [4.78, 5) is 5.12. The predicted molar refractivity (Wildman–Crippen MR) is 192 cm³/mol. The summed E-state index contributed by atoms with van der Waals surface area (Å²) in [5.41, 5.74) is 15.5. The Bertz CT molecular complexity index is 2370. The second-order valence-electron chi connectivity index (χ2n) is 12.8. The Balaban J connectivity index is 1.30. The number of pyridine rings is 1. The van der Waals surface area contributed by atoms with Crippen LogP contribution in [0.2, 0.25) is 0 Å². The minimum absolute atomic E-state index is 0.130. The average molecular weight is 589 g/mol. The van der Waals surface area contributed by atoms with Crippen LogP contribution >= 0.6 is 0 Å². The summed E-state index contributed by atoms with van der Waals surface area (Å²) in [5.74, 6) is 0. The number of nitrogens with zero attached hydrogens (tertiary/aromatic N) is 2. The first-order valence-corrected chi connectivity index (χ1v) is 16.0. The van der Waals surface area contributed by atoms with E-state index in [2.05, 4.69) is 176 Å². The third-order valence-electron chi connectivity index (χ3n) is 9.75. The van der Waals surface area contributed by atoms with Crippen molar-refractivity contribution in [2.45, 2.75) is 19.3 Å². The minimum Gasteiger partial charge on any atom is -0.309 e. The van der Waals surface area contributed by atoms with E-state index in [1.54, 1.807) is 0 Å². The van der Waals surface area contributed by atoms with Crippen molar-refractivity contribution in [1.29, 1.82) is 0 Å². The summed E-state index contributed by atoms with van der Waals surface area (Å²) in [5, 5.41) is 2.57. The fraction of sp³-hybridized carbons (Fsp3) is 0.0682. The molecule has 0 amide bonds. The first kappa shape index (κ1) is 26.7. The lowest BCUT2D eigenvalue weighted by molar-refractivity contribution is 0.664. The minimum atomic E-state index is -0.130. The van der Waals surface area contributed by atoms with Crippen LogP contribution in [-0.4, -0.2) is 9.55 Å². The molecule has 218 valence electrons. The maximum atomic E-state index is 5.12. The largest absolute Gasteiger partial charge is 0.309 e. The van der Waals surface area contributed by atoms with Gasteiger partial charge in [-0.3, -0.25) is 0 Å². The van der Waals surface area contributed by atoms with Gasteiger partial charge in [0, 0.05) is 33.0 Å². The van der Waals surface area contributed by atoms with Gasteiger partial charge in [-0.1, -0.05) is 141 Å². The van der Waals surface area contributed by atoms with Crippen LogP contribution < -0.4 is 0 Å². The number of benzene rings is 6. The van der Waals surface area contributed by atoms with Crippen molar-refractivity contribution in [3.8, 4) is 50.5 Å². The second-order valence-corrected chi connectivity index (χ2v) is 12.8. The highest BCUT2D eigenvalue weighted by Gasteiger charge is 2.38. The lowest BCUT2D eigenvalue weighted by Crippen LogP contribution is -2.16. The van der Waals surface area contributed by atoms with Gasteiger partial charge in [-0.2, -0.15) is 0 Å². The number of hydrogen-bond donors (Lipinski definition) is 0. The zero-order valence-electron chi connectivity index (χ0n) is 25.9. The summed E-state index contributed by atoms with van der Waals surface area (Å²) in [6, 6.07) is 56.8. The van der Waals surface area contributed by atoms with Crippen molar-refractivity contribution in [3.63, 3.8) is 0 Å². The molecule has 1 aliphatic carbocycles. The molecule has 46 heavy (non-hydrogen) atoms. The first-order valence-electron chi connectivity index (χ1n) is 16.0. The van der Waals surface area contributed by atoms with Crippen molar-refractivity contribution >= 4 is 21.8 Å². The Hall–Kier alpha value is -5.73. The topological polar surface area (TPSA) is 17.8 Å². The third kappa shape index (κ3) is 4.00. The number of rotatable bonds is 4. The molecule has 0 bridgehead atoms. The highest BCUT2D eigenvalue weighted by atomic mass is 15.0. The van der Waals surface area contributed by atoms with Crippen LogP contribution in [0.3, 0.4) is 0 Å². The van der Waals surface area contributed by atoms with Gasteiger partial charge in [0.05, 0.1) is 22.4 Å². The van der Waals surface area contributed by atoms with Crippen molar-refractivity contribution in [2.75, 3.05) is 0 Å². The highest BCUT2D eigenvalue weighted by Crippen LogP contribution is 2.53. The average Bonchev–Trinajstić information content (AvgIpc) is 3.57. The third-order valence-corrected chi connectivity index (χ3v) is 9.75. The molecule has 0 aliphatic heterocycles. The van der Waals surface area contributed by atoms with Crippen LogP contribution in [0.25, 0.3) is 72.3 Å². The van der Waals surface area contributed by atoms with Gasteiger partial charge in [0.2, 0.25) is 0 Å². The number of para-hydroxylation sites is 1. The maximum absolute atomic E-state index is 5.12. The van der Waals surface area contributed by atoms with E-state index in [0.29, 0.717) is 0 Å². The molecule has 0 unspecified atom stereocenters. The Morgan fingerprint density at radius 2 is 1.11 bits per heavy atom. The Morgan fingerprint density at radius 1 is 0.478 bits per heavy atom. The van der Waals surface area contributed by atoms with Gasteiger partial charge in [0.15, 0.2) is 0 Å². The summed E-state index contributed by atoms with van der Waals surface area (Å²) in [6.45, 7) is 4.76. The molecule has 6 aromatic carbocycles. The number of hydrogen-bond acceptors (Lipinski definition) is 1. The molecule has 0 atom stereocenters. The van der Waals surface area contributed by atoms with E-state index in [-0.39, 0.29) is 5.41 Å². The molecule has 0 fully saturated rings. The molecule has 8 aromatic rings. The molecule has 2 heterocycles. The zero-order chi connectivity index (χ0) is 30.8. The van der Waals surface area contributed by atoms with E-state index in [1.807, 2.05) is 0 Å². The molecule has 0 spiro atoms. The number of aromatic nitrogens is 2. The lowest BCUT2D eigenvalue weighted by Gasteiger charge is -2.23. The molecular weight excluding hydrogens is 556 g/mol. The molecule has 9 rings (SSSR count). The maximum Gasteiger partial charge on any atom is 0.0715 e. The van der Waals surface area contributed by atoms with Crippen LogP contribution in [0.4, 0.5) is 0 Å². The van der Waals surface area contributed by atoms with Gasteiger partial charge in [0.1, 0.15) is 0 Å². The summed E-state index contributed by atoms with van der Waals surface area (Å²) in [7, 11) is 0. The highest BCUT2D eigenvalue weighted by molar-refractivity contribution is 6.13. The van der Waals surface area contributed by atoms with E-state index >= 15 is 0 Å². The molecular formula is C44H32N2. The first-order chi connectivity index (χ1) is 22.6. The lowest BCUT2D eigenvalue weighted by atomic mass is 9.81. The van der Waals surface area contributed by atoms with E-state index in [9.17, 15) is 0 Å². The van der Waals surface area contributed by atoms with Gasteiger partial charge < -0.3 is 4.57 Å². The predicted octanol–water partition coefficient (Wildman–Crippen LogP) is 11.5. The smallest absolute Gasteiger partial charge is 0.0715 e. The summed E-state index contributed by atoms with van der Waals surface area (Å²) < 4.78 is 2.50. The molecule has 2 aromatic heterocycles. The quantitative estimate of drug-likeness (QED) is 0.200. The van der Waals surface area contributed by atoms with Gasteiger partial charge in [-0.05, 0) is 63.7 Å². The molecule has 2 nitrogen and oxygen atoms in total. The molecule has 0 saturated heterocycles. The Morgan fingerprint density at radius 3 is 1.85 bits per heavy atom. The second kappa shape index (κ2) is 10.2. The van der Waals surface area contributed by atoms with E-state index in [4.69, 9.17) is 4.98 Å². The number of fused-ring (bicyclic) bond motifs is 7. The monoisotopic (exact) mass is 588 g/mol. The van der Waals surface area contributed by atoms with E-state index in [1.165, 1.54) is 44.1 Å². The van der Waals surface area contributed by atoms with Crippen LogP contribution in [-0.2, 0) is 5.41 Å². The Kier molecular flexibility index (Phi) is 5.88. The molecule has 1 aliphatic rings. The van der Waals surface area contributed by atoms with Crippen LogP contribution in [0.1, 0.15) is 25.0 Å². The van der Waals surface area contributed by atoms with E-state index < -0.39 is 0 Å². The van der Waals surface area contributed by atoms with E-state index in [0.717, 1.165) is 39.3 Å². The van der Waals surface area contributed by atoms with Crippen LogP contribution in [0.15, 0.2) is 158 Å². The van der Waals surface area contributed by atoms with Gasteiger partial charge in [0.25, 0.3) is 0 Å². The van der Waals surface area contributed by atoms with Crippen molar-refractivity contribution in [3.05, 3.63) is 169 Å². The molecule has 2 heteroatoms. The van der Waals surface area contributed by atoms with Gasteiger partial charge in [-0.25, -0.2) is 4.98 Å². The summed E-state index contributed by atoms with van der Waals surface area (Å²) in [6.07, 6.45) is 0. The standard InChI is InChI=1S/C44H32N2/c1-44(2)38-22-11-9-20-34(38)36-24-25-37-35-21-10-12-23-41(35)46(43(37)42(36)44)33-19-13-18-31(26-33)32-27-39(29-14-5-3-6-15-29)45-40(28-32)30-16-7-4-8-17-30/h3-28H,1-2H3. The van der Waals surface area contributed by atoms with Crippen LogP contribution in [0.5, 0.6) is 0 Å². The van der Waals surface area contributed by atoms with Crippen molar-refractivity contribution in [1.82, 2.24) is 9.55 Å². The van der Waals surface area contributed by atoms with Crippen molar-refractivity contribution in [2.24, 2.45) is 0 Å². The fourth-order valence-electron chi connectivity index (χ4n) is 7.62. The normalized spacial score (nSPS) is 13.2. The van der Waals surface area contributed by atoms with Crippen LogP contribution in [0, 0.1) is 0 Å². The zero-order valence-corrected chi connectivity index (χ0v) is 25.9.